The number of amides is 2. The van der Waals surface area contributed by atoms with Crippen molar-refractivity contribution in [2.24, 2.45) is 11.3 Å². The molecule has 2 heterocycles. The number of aromatic nitrogens is 2. The Bertz CT molecular complexity index is 645. The minimum atomic E-state index is 0.148. The molecule has 3 aliphatic rings. The van der Waals surface area contributed by atoms with Gasteiger partial charge in [-0.3, -0.25) is 14.7 Å². The van der Waals surface area contributed by atoms with E-state index in [0.717, 1.165) is 50.9 Å². The Labute approximate surface area is 155 Å². The van der Waals surface area contributed by atoms with Gasteiger partial charge in [0.05, 0.1) is 6.42 Å². The van der Waals surface area contributed by atoms with Crippen LogP contribution in [0.3, 0.4) is 0 Å². The van der Waals surface area contributed by atoms with Gasteiger partial charge < -0.3 is 9.80 Å². The van der Waals surface area contributed by atoms with Gasteiger partial charge in [0.15, 0.2) is 0 Å². The smallest absolute Gasteiger partial charge is 0.228 e. The molecule has 1 aliphatic heterocycles. The molecule has 0 radical (unpaired) electrons. The summed E-state index contributed by atoms with van der Waals surface area (Å²) >= 11 is 0. The highest BCUT2D eigenvalue weighted by Gasteiger charge is 2.51. The zero-order chi connectivity index (χ0) is 18.1. The first kappa shape index (κ1) is 17.6. The fourth-order valence-electron chi connectivity index (χ4n) is 5.09. The SMILES string of the molecule is CN(C(=O)C1CC2(CCC2)C1)C1CCCN(C(=O)Cc2ccn[nH]2)CC1. The zero-order valence-corrected chi connectivity index (χ0v) is 15.7. The van der Waals surface area contributed by atoms with Crippen molar-refractivity contribution >= 4 is 11.8 Å². The molecule has 1 saturated heterocycles. The summed E-state index contributed by atoms with van der Waals surface area (Å²) < 4.78 is 0. The number of nitrogens with one attached hydrogen (secondary N) is 1. The van der Waals surface area contributed by atoms with Crippen LogP contribution in [-0.2, 0) is 16.0 Å². The van der Waals surface area contributed by atoms with Crippen molar-refractivity contribution < 1.29 is 9.59 Å². The van der Waals surface area contributed by atoms with Crippen LogP contribution in [0.25, 0.3) is 0 Å². The van der Waals surface area contributed by atoms with Crippen molar-refractivity contribution in [1.82, 2.24) is 20.0 Å². The maximum absolute atomic E-state index is 12.8. The summed E-state index contributed by atoms with van der Waals surface area (Å²) in [5.41, 5.74) is 1.40. The van der Waals surface area contributed by atoms with Crippen molar-refractivity contribution in [3.63, 3.8) is 0 Å². The van der Waals surface area contributed by atoms with E-state index in [9.17, 15) is 9.59 Å². The van der Waals surface area contributed by atoms with Crippen LogP contribution in [0, 0.1) is 11.3 Å². The lowest BCUT2D eigenvalue weighted by Crippen LogP contribution is -2.51. The first-order valence-corrected chi connectivity index (χ1v) is 10.1. The molecule has 4 rings (SSSR count). The molecule has 1 atom stereocenters. The predicted octanol–water partition coefficient (Wildman–Crippen LogP) is 2.37. The maximum atomic E-state index is 12.8. The third kappa shape index (κ3) is 3.38. The Balaban J connectivity index is 1.27. The average Bonchev–Trinajstić information content (AvgIpc) is 2.92. The predicted molar refractivity (Wildman–Crippen MR) is 98.3 cm³/mol. The van der Waals surface area contributed by atoms with Gasteiger partial charge in [-0.1, -0.05) is 6.42 Å². The van der Waals surface area contributed by atoms with E-state index in [1.807, 2.05) is 22.9 Å². The van der Waals surface area contributed by atoms with Crippen molar-refractivity contribution in [2.75, 3.05) is 20.1 Å². The highest BCUT2D eigenvalue weighted by Crippen LogP contribution is 2.59. The number of carbonyl (C=O) groups is 2. The third-order valence-electron chi connectivity index (χ3n) is 6.97. The van der Waals surface area contributed by atoms with Crippen LogP contribution in [0.1, 0.15) is 57.1 Å². The first-order valence-electron chi connectivity index (χ1n) is 10.1. The molecule has 6 heteroatoms. The highest BCUT2D eigenvalue weighted by molar-refractivity contribution is 5.80. The van der Waals surface area contributed by atoms with Crippen LogP contribution in [0.4, 0.5) is 0 Å². The van der Waals surface area contributed by atoms with Crippen LogP contribution in [0.2, 0.25) is 0 Å². The van der Waals surface area contributed by atoms with Gasteiger partial charge >= 0.3 is 0 Å². The van der Waals surface area contributed by atoms with E-state index in [1.54, 1.807) is 6.20 Å². The first-order chi connectivity index (χ1) is 12.6. The van der Waals surface area contributed by atoms with Crippen molar-refractivity contribution in [1.29, 1.82) is 0 Å². The number of aromatic amines is 1. The molecule has 1 aromatic heterocycles. The molecular weight excluding hydrogens is 328 g/mol. The van der Waals surface area contributed by atoms with E-state index in [0.29, 0.717) is 17.7 Å². The number of H-pyrrole nitrogens is 1. The largest absolute Gasteiger partial charge is 0.342 e. The second-order valence-corrected chi connectivity index (χ2v) is 8.63. The van der Waals surface area contributed by atoms with Crippen LogP contribution in [-0.4, -0.2) is 58.0 Å². The minimum absolute atomic E-state index is 0.148. The van der Waals surface area contributed by atoms with Crippen LogP contribution < -0.4 is 0 Å². The molecule has 0 bridgehead atoms. The Kier molecular flexibility index (Phi) is 4.76. The van der Waals surface area contributed by atoms with Gasteiger partial charge in [0.25, 0.3) is 0 Å². The van der Waals surface area contributed by atoms with Crippen LogP contribution >= 0.6 is 0 Å². The Morgan fingerprint density at radius 1 is 1.27 bits per heavy atom. The highest BCUT2D eigenvalue weighted by atomic mass is 16.2. The molecule has 2 saturated carbocycles. The lowest BCUT2D eigenvalue weighted by molar-refractivity contribution is -0.148. The Morgan fingerprint density at radius 3 is 2.73 bits per heavy atom. The quantitative estimate of drug-likeness (QED) is 0.898. The number of nitrogens with zero attached hydrogens (tertiary/aromatic N) is 3. The number of likely N-dealkylation sites (tertiary alicyclic amines) is 1. The number of hydrogen-bond acceptors (Lipinski definition) is 3. The van der Waals surface area contributed by atoms with Crippen LogP contribution in [0.5, 0.6) is 0 Å². The van der Waals surface area contributed by atoms with E-state index >= 15 is 0 Å². The Morgan fingerprint density at radius 2 is 2.08 bits per heavy atom. The normalized spacial score (nSPS) is 25.3. The standard InChI is InChI=1S/C20H30N4O2/c1-23(19(26)15-13-20(14-15)7-3-8-20)17-4-2-10-24(11-6-17)18(25)12-16-5-9-21-22-16/h5,9,15,17H,2-4,6-8,10-14H2,1H3,(H,21,22). The Hall–Kier alpha value is -1.85. The summed E-state index contributed by atoms with van der Waals surface area (Å²) in [6.07, 6.45) is 11.1. The third-order valence-corrected chi connectivity index (χ3v) is 6.97. The van der Waals surface area contributed by atoms with Gasteiger partial charge in [0.1, 0.15) is 0 Å². The van der Waals surface area contributed by atoms with Gasteiger partial charge in [-0.2, -0.15) is 5.10 Å². The molecule has 1 unspecified atom stereocenters. The second-order valence-electron chi connectivity index (χ2n) is 8.63. The summed E-state index contributed by atoms with van der Waals surface area (Å²) in [4.78, 5) is 29.3. The summed E-state index contributed by atoms with van der Waals surface area (Å²) in [6.45, 7) is 1.53. The summed E-state index contributed by atoms with van der Waals surface area (Å²) in [6, 6.07) is 2.11. The lowest BCUT2D eigenvalue weighted by atomic mass is 9.51. The number of carbonyl (C=O) groups excluding carboxylic acids is 2. The van der Waals surface area contributed by atoms with Crippen molar-refractivity contribution in [2.45, 2.75) is 63.8 Å². The maximum Gasteiger partial charge on any atom is 0.228 e. The molecule has 0 aromatic carbocycles. The average molecular weight is 358 g/mol. The van der Waals surface area contributed by atoms with Crippen molar-refractivity contribution in [3.8, 4) is 0 Å². The van der Waals surface area contributed by atoms with Crippen molar-refractivity contribution in [3.05, 3.63) is 18.0 Å². The van der Waals surface area contributed by atoms with Gasteiger partial charge in [-0.25, -0.2) is 0 Å². The lowest BCUT2D eigenvalue weighted by Gasteiger charge is -2.54. The molecule has 2 amide bonds. The molecule has 1 spiro atoms. The zero-order valence-electron chi connectivity index (χ0n) is 15.7. The molecule has 26 heavy (non-hydrogen) atoms. The van der Waals surface area contributed by atoms with Gasteiger partial charge in [-0.15, -0.1) is 0 Å². The summed E-state index contributed by atoms with van der Waals surface area (Å²) in [7, 11) is 1.97. The molecule has 1 aromatic rings. The summed E-state index contributed by atoms with van der Waals surface area (Å²) in [5, 5.41) is 6.76. The monoisotopic (exact) mass is 358 g/mol. The molecular formula is C20H30N4O2. The molecule has 2 aliphatic carbocycles. The minimum Gasteiger partial charge on any atom is -0.342 e. The summed E-state index contributed by atoms with van der Waals surface area (Å²) in [5.74, 6) is 0.737. The fraction of sp³-hybridized carbons (Fsp3) is 0.750. The van der Waals surface area contributed by atoms with Gasteiger partial charge in [-0.05, 0) is 56.4 Å². The van der Waals surface area contributed by atoms with E-state index in [-0.39, 0.29) is 17.9 Å². The van der Waals surface area contributed by atoms with E-state index in [2.05, 4.69) is 10.2 Å². The number of rotatable bonds is 4. The molecule has 6 nitrogen and oxygen atoms in total. The van der Waals surface area contributed by atoms with Gasteiger partial charge in [0.2, 0.25) is 11.8 Å². The van der Waals surface area contributed by atoms with E-state index in [1.165, 1.54) is 19.3 Å². The molecule has 1 N–H and O–H groups in total. The number of hydrogen-bond donors (Lipinski definition) is 1. The fourth-order valence-corrected chi connectivity index (χ4v) is 5.09. The second kappa shape index (κ2) is 7.05. The van der Waals surface area contributed by atoms with Crippen LogP contribution in [0.15, 0.2) is 12.3 Å². The molecule has 3 fully saturated rings. The van der Waals surface area contributed by atoms with Gasteiger partial charge in [0, 0.05) is 44.0 Å². The van der Waals surface area contributed by atoms with E-state index < -0.39 is 0 Å². The molecule has 142 valence electrons. The topological polar surface area (TPSA) is 69.3 Å². The van der Waals surface area contributed by atoms with E-state index in [4.69, 9.17) is 0 Å².